The quantitative estimate of drug-likeness (QED) is 0.118. The number of benzene rings is 6. The number of aromatic amines is 2. The molecule has 7 aromatic rings. The van der Waals surface area contributed by atoms with Crippen LogP contribution in [0, 0.1) is 0 Å². The van der Waals surface area contributed by atoms with Crippen LogP contribution in [0.5, 0.6) is 0 Å². The van der Waals surface area contributed by atoms with Gasteiger partial charge in [-0.25, -0.2) is 0 Å². The Morgan fingerprint density at radius 1 is 0.477 bits per heavy atom. The Balaban J connectivity index is 1.91. The monoisotopic (exact) mass is 670 g/mol. The normalized spacial score (nSPS) is 12.8. The van der Waals surface area contributed by atoms with Gasteiger partial charge in [0.05, 0.1) is 53.7 Å². The first kappa shape index (κ1) is 28.3. The minimum Gasteiger partial charge on any atom is -0.350 e. The lowest BCUT2D eigenvalue weighted by atomic mass is 9.99. The molecule has 0 saturated carbocycles. The largest absolute Gasteiger partial charge is 0.350 e. The minimum absolute atomic E-state index is 0.115. The number of hydrogen-bond acceptors (Lipinski definition) is 8. The molecule has 1 heterocycles. The molecule has 0 atom stereocenters. The lowest BCUT2D eigenvalue weighted by Gasteiger charge is -2.16. The van der Waals surface area contributed by atoms with Crippen molar-refractivity contribution in [3.63, 3.8) is 0 Å². The summed E-state index contributed by atoms with van der Waals surface area (Å²) in [6, 6.07) is 11.0. The predicted molar refractivity (Wildman–Crippen MR) is 166 cm³/mol. The summed E-state index contributed by atoms with van der Waals surface area (Å²) in [5, 5.41) is -4.74. The SMILES string of the molecule is O=c1c2ccccc2c(=O)c2c1c(S(=O)(=O)O)c(Cl)c1[nH]c3c([nH]c12)c(Cl)c(S(=O)(=O)O)c1c(=O)c2ccccc2c(=O)c13. The molecule has 4 N–H and O–H groups in total. The zero-order valence-corrected chi connectivity index (χ0v) is 24.5. The standard InChI is InChI=1S/C28H12Cl2N2O10S2/c29-17-21-19(13-15(27(17)43(37,38)39)25(35)11-7-3-1-5-9(11)23(13)33)31-22-18(30)28(44(40,41)42)16-14(20(22)32-21)24(34)10-6-2-4-8-12(10)26(16)36/h1-8,31-32H,(H,37,38,39)(H,40,41,42). The van der Waals surface area contributed by atoms with Gasteiger partial charge in [-0.1, -0.05) is 71.7 Å². The molecule has 16 heteroatoms. The fourth-order valence-electron chi connectivity index (χ4n) is 5.80. The minimum atomic E-state index is -5.29. The van der Waals surface area contributed by atoms with Gasteiger partial charge in [0, 0.05) is 21.5 Å². The molecule has 12 nitrogen and oxygen atoms in total. The molecule has 220 valence electrons. The zero-order chi connectivity index (χ0) is 31.6. The average Bonchev–Trinajstić information content (AvgIpc) is 2.96. The molecular weight excluding hydrogens is 659 g/mol. The van der Waals surface area contributed by atoms with E-state index < -0.39 is 94.4 Å². The van der Waals surface area contributed by atoms with Crippen LogP contribution in [0.4, 0.5) is 0 Å². The maximum atomic E-state index is 13.8. The van der Waals surface area contributed by atoms with E-state index in [1.165, 1.54) is 48.5 Å². The second kappa shape index (κ2) is 9.04. The molecule has 0 saturated heterocycles. The Bertz CT molecular complexity index is 2790. The van der Waals surface area contributed by atoms with E-state index in [4.69, 9.17) is 23.2 Å². The Hall–Kier alpha value is -4.44. The molecule has 0 unspecified atom stereocenters. The summed E-state index contributed by atoms with van der Waals surface area (Å²) in [6.45, 7) is 0. The molecule has 0 radical (unpaired) electrons. The van der Waals surface area contributed by atoms with Gasteiger partial charge >= 0.3 is 0 Å². The van der Waals surface area contributed by atoms with E-state index >= 15 is 0 Å². The highest BCUT2D eigenvalue weighted by molar-refractivity contribution is 7.86. The maximum Gasteiger partial charge on any atom is 0.296 e. The summed E-state index contributed by atoms with van der Waals surface area (Å²) in [6.07, 6.45) is 0. The van der Waals surface area contributed by atoms with E-state index in [9.17, 15) is 45.1 Å². The smallest absolute Gasteiger partial charge is 0.296 e. The molecule has 0 fully saturated rings. The van der Waals surface area contributed by atoms with Gasteiger partial charge in [-0.15, -0.1) is 0 Å². The van der Waals surface area contributed by atoms with Gasteiger partial charge in [-0.2, -0.15) is 16.8 Å². The Morgan fingerprint density at radius 3 is 1.02 bits per heavy atom. The number of halogens is 2. The van der Waals surface area contributed by atoms with Crippen LogP contribution in [0.3, 0.4) is 0 Å². The lowest BCUT2D eigenvalue weighted by Crippen LogP contribution is -2.19. The lowest BCUT2D eigenvalue weighted by molar-refractivity contribution is 0.482. The number of aromatic nitrogens is 2. The number of fused-ring (bicyclic) bond motifs is 8. The van der Waals surface area contributed by atoms with Crippen LogP contribution in [0.1, 0.15) is 0 Å². The molecule has 7 rings (SSSR count). The van der Waals surface area contributed by atoms with E-state index in [2.05, 4.69) is 9.97 Å². The van der Waals surface area contributed by atoms with E-state index in [-0.39, 0.29) is 32.6 Å². The molecule has 0 spiro atoms. The first-order chi connectivity index (χ1) is 20.6. The number of hydrogen-bond donors (Lipinski definition) is 4. The number of H-pyrrole nitrogens is 2. The van der Waals surface area contributed by atoms with Crippen LogP contribution in [-0.2, 0) is 20.2 Å². The summed E-state index contributed by atoms with van der Waals surface area (Å²) in [5.74, 6) is 0. The number of nitrogens with one attached hydrogen (secondary N) is 2. The molecule has 1 aromatic heterocycles. The summed E-state index contributed by atoms with van der Waals surface area (Å²) in [5.41, 5.74) is -5.19. The van der Waals surface area contributed by atoms with E-state index in [0.29, 0.717) is 0 Å². The molecular formula is C28H12Cl2N2O10S2. The maximum absolute atomic E-state index is 13.8. The van der Waals surface area contributed by atoms with Crippen molar-refractivity contribution in [3.8, 4) is 0 Å². The van der Waals surface area contributed by atoms with Gasteiger partial charge in [0.15, 0.2) is 21.7 Å². The third-order valence-electron chi connectivity index (χ3n) is 7.55. The topological polar surface area (TPSA) is 209 Å². The number of rotatable bonds is 2. The van der Waals surface area contributed by atoms with Crippen LogP contribution in [0.2, 0.25) is 10.0 Å². The second-order valence-corrected chi connectivity index (χ2v) is 13.4. The van der Waals surface area contributed by atoms with Gasteiger partial charge < -0.3 is 9.97 Å². The molecule has 6 aromatic carbocycles. The van der Waals surface area contributed by atoms with Crippen molar-refractivity contribution < 1.29 is 25.9 Å². The van der Waals surface area contributed by atoms with Crippen molar-refractivity contribution in [1.29, 1.82) is 0 Å². The zero-order valence-electron chi connectivity index (χ0n) is 21.4. The van der Waals surface area contributed by atoms with E-state index in [1.54, 1.807) is 0 Å². The van der Waals surface area contributed by atoms with Gasteiger partial charge in [-0.3, -0.25) is 28.3 Å². The van der Waals surface area contributed by atoms with Crippen LogP contribution < -0.4 is 21.7 Å². The summed E-state index contributed by atoms with van der Waals surface area (Å²) in [4.78, 5) is 58.0. The summed E-state index contributed by atoms with van der Waals surface area (Å²) >= 11 is 13.0. The summed E-state index contributed by atoms with van der Waals surface area (Å²) in [7, 11) is -10.6. The van der Waals surface area contributed by atoms with Crippen molar-refractivity contribution in [1.82, 2.24) is 9.97 Å². The third kappa shape index (κ3) is 3.63. The van der Waals surface area contributed by atoms with Gasteiger partial charge in [0.1, 0.15) is 9.79 Å². The van der Waals surface area contributed by atoms with Crippen LogP contribution in [0.25, 0.3) is 65.2 Å². The van der Waals surface area contributed by atoms with Crippen LogP contribution >= 0.6 is 23.2 Å². The highest BCUT2D eigenvalue weighted by Crippen LogP contribution is 2.40. The van der Waals surface area contributed by atoms with Crippen molar-refractivity contribution in [2.24, 2.45) is 0 Å². The molecule has 0 aliphatic heterocycles. The predicted octanol–water partition coefficient (Wildman–Crippen LogP) is 3.94. The van der Waals surface area contributed by atoms with E-state index in [1.807, 2.05) is 0 Å². The van der Waals surface area contributed by atoms with Crippen molar-refractivity contribution in [3.05, 3.63) is 99.5 Å². The molecule has 44 heavy (non-hydrogen) atoms. The van der Waals surface area contributed by atoms with E-state index in [0.717, 1.165) is 0 Å². The third-order valence-corrected chi connectivity index (χ3v) is 10.4. The van der Waals surface area contributed by atoms with Crippen LogP contribution in [0.15, 0.2) is 77.5 Å². The Labute approximate surface area is 252 Å². The summed E-state index contributed by atoms with van der Waals surface area (Å²) < 4.78 is 70.9. The molecule has 0 aliphatic rings. The highest BCUT2D eigenvalue weighted by Gasteiger charge is 2.31. The molecule has 0 amide bonds. The fraction of sp³-hybridized carbons (Fsp3) is 0. The van der Waals surface area contributed by atoms with Gasteiger partial charge in [0.25, 0.3) is 20.2 Å². The fourth-order valence-corrected chi connectivity index (χ4v) is 8.42. The van der Waals surface area contributed by atoms with Gasteiger partial charge in [0.2, 0.25) is 0 Å². The van der Waals surface area contributed by atoms with Crippen LogP contribution in [-0.4, -0.2) is 35.9 Å². The van der Waals surface area contributed by atoms with Crippen molar-refractivity contribution in [2.45, 2.75) is 9.79 Å². The second-order valence-electron chi connectivity index (χ2n) is 9.89. The first-order valence-corrected chi connectivity index (χ1v) is 15.9. The van der Waals surface area contributed by atoms with Crippen molar-refractivity contribution in [2.75, 3.05) is 0 Å². The Morgan fingerprint density at radius 2 is 0.750 bits per heavy atom. The highest BCUT2D eigenvalue weighted by atomic mass is 35.5. The van der Waals surface area contributed by atoms with Gasteiger partial charge in [-0.05, 0) is 0 Å². The molecule has 0 bridgehead atoms. The molecule has 0 aliphatic carbocycles. The van der Waals surface area contributed by atoms with Crippen molar-refractivity contribution >= 4 is 109 Å². The first-order valence-electron chi connectivity index (χ1n) is 12.3. The Kier molecular flexibility index (Phi) is 5.82. The average molecular weight is 671 g/mol.